The first-order valence-corrected chi connectivity index (χ1v) is 9.11. The summed E-state index contributed by atoms with van der Waals surface area (Å²) in [5, 5.41) is 20.7. The van der Waals surface area contributed by atoms with E-state index in [0.717, 1.165) is 31.4 Å². The van der Waals surface area contributed by atoms with Crippen LogP contribution in [0, 0.1) is 22.7 Å². The first-order valence-electron chi connectivity index (χ1n) is 9.11. The van der Waals surface area contributed by atoms with Gasteiger partial charge in [-0.25, -0.2) is 0 Å². The van der Waals surface area contributed by atoms with Crippen molar-refractivity contribution < 1.29 is 14.6 Å². The molecule has 3 fully saturated rings. The number of allylic oxidation sites excluding steroid dienone is 1. The van der Waals surface area contributed by atoms with Crippen molar-refractivity contribution in [2.45, 2.75) is 57.0 Å². The minimum atomic E-state index is -0.836. The van der Waals surface area contributed by atoms with Crippen LogP contribution < -0.4 is 0 Å². The van der Waals surface area contributed by atoms with Gasteiger partial charge in [0, 0.05) is 5.56 Å². The Hall–Kier alpha value is -1.06. The molecule has 3 heteroatoms. The molecule has 0 amide bonds. The van der Waals surface area contributed by atoms with Crippen molar-refractivity contribution in [1.82, 2.24) is 0 Å². The number of aliphatic hydroxyl groups excluding tert-OH is 1. The summed E-state index contributed by atoms with van der Waals surface area (Å²) >= 11 is 0. The highest BCUT2D eigenvalue weighted by Crippen LogP contribution is 2.71. The highest BCUT2D eigenvalue weighted by molar-refractivity contribution is 5.55. The number of hydrogen-bond donors (Lipinski definition) is 2. The van der Waals surface area contributed by atoms with Crippen LogP contribution in [0.4, 0.5) is 0 Å². The maximum Gasteiger partial charge on any atom is 0.129 e. The van der Waals surface area contributed by atoms with E-state index in [1.54, 1.807) is 0 Å². The van der Waals surface area contributed by atoms with E-state index in [1.807, 2.05) is 6.26 Å². The molecule has 1 heterocycles. The third kappa shape index (κ3) is 1.63. The average Bonchev–Trinajstić information content (AvgIpc) is 3.09. The molecule has 3 nitrogen and oxygen atoms in total. The Kier molecular flexibility index (Phi) is 2.68. The minimum absolute atomic E-state index is 0.0754. The lowest BCUT2D eigenvalue weighted by Gasteiger charge is -2.58. The van der Waals surface area contributed by atoms with Crippen LogP contribution in [0.1, 0.15) is 62.7 Å². The first kappa shape index (κ1) is 14.3. The summed E-state index contributed by atoms with van der Waals surface area (Å²) in [6, 6.07) is 2.16. The van der Waals surface area contributed by atoms with Gasteiger partial charge in [-0.05, 0) is 79.3 Å². The third-order valence-electron chi connectivity index (χ3n) is 8.02. The van der Waals surface area contributed by atoms with Crippen LogP contribution in [-0.2, 0) is 0 Å². The van der Waals surface area contributed by atoms with Gasteiger partial charge in [-0.15, -0.1) is 0 Å². The van der Waals surface area contributed by atoms with E-state index >= 15 is 0 Å². The normalized spacial score (nSPS) is 50.3. The lowest BCUT2D eigenvalue weighted by atomic mass is 9.46. The Morgan fingerprint density at radius 1 is 1.30 bits per heavy atom. The molecule has 0 aliphatic heterocycles. The Balaban J connectivity index is 1.58. The van der Waals surface area contributed by atoms with Gasteiger partial charge in [0.05, 0.1) is 18.5 Å². The summed E-state index contributed by atoms with van der Waals surface area (Å²) < 4.78 is 5.64. The molecule has 124 valence electrons. The van der Waals surface area contributed by atoms with Crippen molar-refractivity contribution in [2.75, 3.05) is 6.61 Å². The van der Waals surface area contributed by atoms with Gasteiger partial charge in [0.1, 0.15) is 5.76 Å². The van der Waals surface area contributed by atoms with E-state index in [-0.39, 0.29) is 17.4 Å². The van der Waals surface area contributed by atoms with Crippen molar-refractivity contribution >= 4 is 6.08 Å². The fourth-order valence-corrected chi connectivity index (χ4v) is 7.06. The Labute approximate surface area is 137 Å². The van der Waals surface area contributed by atoms with E-state index in [9.17, 15) is 10.2 Å². The minimum Gasteiger partial charge on any atom is -0.465 e. The summed E-state index contributed by atoms with van der Waals surface area (Å²) in [6.45, 7) is 2.35. The molecule has 2 N–H and O–H groups in total. The lowest BCUT2D eigenvalue weighted by Crippen LogP contribution is -2.49. The van der Waals surface area contributed by atoms with Crippen molar-refractivity contribution in [2.24, 2.45) is 22.7 Å². The topological polar surface area (TPSA) is 53.6 Å². The van der Waals surface area contributed by atoms with Gasteiger partial charge in [-0.2, -0.15) is 0 Å². The van der Waals surface area contributed by atoms with Gasteiger partial charge in [-0.3, -0.25) is 0 Å². The summed E-state index contributed by atoms with van der Waals surface area (Å²) in [5.41, 5.74) is 0.914. The molecule has 1 aromatic rings. The molecule has 0 aromatic carbocycles. The molecule has 6 atom stereocenters. The monoisotopic (exact) mass is 314 g/mol. The van der Waals surface area contributed by atoms with Crippen LogP contribution in [0.5, 0.6) is 0 Å². The van der Waals surface area contributed by atoms with E-state index in [2.05, 4.69) is 25.1 Å². The second-order valence-electron chi connectivity index (χ2n) is 8.86. The molecule has 4 aliphatic rings. The summed E-state index contributed by atoms with van der Waals surface area (Å²) in [5.74, 6) is 2.47. The second-order valence-corrected chi connectivity index (χ2v) is 8.86. The smallest absolute Gasteiger partial charge is 0.129 e. The van der Waals surface area contributed by atoms with E-state index < -0.39 is 5.60 Å². The van der Waals surface area contributed by atoms with Crippen LogP contribution in [0.3, 0.4) is 0 Å². The highest BCUT2D eigenvalue weighted by atomic mass is 16.3. The predicted octanol–water partition coefficient (Wildman–Crippen LogP) is 3.72. The second kappa shape index (κ2) is 4.31. The number of furan rings is 1. The molecule has 3 saturated carbocycles. The van der Waals surface area contributed by atoms with Gasteiger partial charge >= 0.3 is 0 Å². The summed E-state index contributed by atoms with van der Waals surface area (Å²) in [7, 11) is 0. The van der Waals surface area contributed by atoms with Gasteiger partial charge in [-0.1, -0.05) is 13.0 Å². The predicted molar refractivity (Wildman–Crippen MR) is 87.7 cm³/mol. The molecular formula is C20H26O3. The maximum absolute atomic E-state index is 10.9. The zero-order chi connectivity index (χ0) is 15.9. The standard InChI is InChI=1S/C20H26O3/c1-18-7-5-16-14(6-9-23-16)15(18)4-8-19-10-13(2-3-17(18)19)20(22,11-19)12-21/h5-7,9,13,15,17,21-22H,2-4,8,10-12H2,1H3/t13?,15-,17+,18-,19+,20+/m1/s1. The summed E-state index contributed by atoms with van der Waals surface area (Å²) in [4.78, 5) is 0. The number of hydrogen-bond acceptors (Lipinski definition) is 3. The SMILES string of the molecule is C[C@@]12C=Cc3occc3[C@H]1CC[C@@]13CC(CC[C@H]12)[C@@](O)(CO)C3. The first-order chi connectivity index (χ1) is 11.0. The summed E-state index contributed by atoms with van der Waals surface area (Å²) in [6.07, 6.45) is 12.9. The molecule has 1 unspecified atom stereocenters. The zero-order valence-corrected chi connectivity index (χ0v) is 13.8. The largest absolute Gasteiger partial charge is 0.465 e. The number of rotatable bonds is 1. The fourth-order valence-electron chi connectivity index (χ4n) is 7.06. The Morgan fingerprint density at radius 3 is 3.00 bits per heavy atom. The Bertz CT molecular complexity index is 676. The molecule has 1 spiro atoms. The molecule has 1 aromatic heterocycles. The third-order valence-corrected chi connectivity index (χ3v) is 8.02. The van der Waals surface area contributed by atoms with Crippen LogP contribution in [0.15, 0.2) is 22.8 Å². The van der Waals surface area contributed by atoms with Crippen LogP contribution in [-0.4, -0.2) is 22.4 Å². The van der Waals surface area contributed by atoms with Crippen molar-refractivity contribution in [3.8, 4) is 0 Å². The quantitative estimate of drug-likeness (QED) is 0.830. The average molecular weight is 314 g/mol. The molecule has 23 heavy (non-hydrogen) atoms. The van der Waals surface area contributed by atoms with Crippen LogP contribution in [0.2, 0.25) is 0 Å². The van der Waals surface area contributed by atoms with Crippen LogP contribution in [0.25, 0.3) is 6.08 Å². The molecule has 2 bridgehead atoms. The van der Waals surface area contributed by atoms with E-state index in [4.69, 9.17) is 4.42 Å². The van der Waals surface area contributed by atoms with Gasteiger partial charge in [0.25, 0.3) is 0 Å². The molecule has 4 aliphatic carbocycles. The molecule has 5 rings (SSSR count). The van der Waals surface area contributed by atoms with Crippen molar-refractivity contribution in [3.63, 3.8) is 0 Å². The molecular weight excluding hydrogens is 288 g/mol. The van der Waals surface area contributed by atoms with Crippen molar-refractivity contribution in [3.05, 3.63) is 29.7 Å². The van der Waals surface area contributed by atoms with Gasteiger partial charge in [0.2, 0.25) is 0 Å². The van der Waals surface area contributed by atoms with Gasteiger partial charge < -0.3 is 14.6 Å². The van der Waals surface area contributed by atoms with Crippen LogP contribution >= 0.6 is 0 Å². The number of aliphatic hydroxyl groups is 2. The maximum atomic E-state index is 10.9. The van der Waals surface area contributed by atoms with Crippen molar-refractivity contribution in [1.29, 1.82) is 0 Å². The van der Waals surface area contributed by atoms with Gasteiger partial charge in [0.15, 0.2) is 0 Å². The van der Waals surface area contributed by atoms with E-state index in [0.29, 0.717) is 17.8 Å². The molecule has 0 saturated heterocycles. The van der Waals surface area contributed by atoms with E-state index in [1.165, 1.54) is 18.4 Å². The highest BCUT2D eigenvalue weighted by Gasteiger charge is 2.65. The lowest BCUT2D eigenvalue weighted by molar-refractivity contribution is -0.0517. The Morgan fingerprint density at radius 2 is 2.17 bits per heavy atom. The fraction of sp³-hybridized carbons (Fsp3) is 0.700. The molecule has 0 radical (unpaired) electrons. The zero-order valence-electron chi connectivity index (χ0n) is 13.8. The number of fused-ring (bicyclic) bond motifs is 5.